The average molecular weight is 1180 g/mol. The normalized spacial score (nSPS) is 30.0. The van der Waals surface area contributed by atoms with Gasteiger partial charge in [0.25, 0.3) is 0 Å². The van der Waals surface area contributed by atoms with E-state index in [4.69, 9.17) is 28.4 Å². The number of hydrogen-bond donors (Lipinski definition) is 12. The monoisotopic (exact) mass is 1180 g/mol. The summed E-state index contributed by atoms with van der Waals surface area (Å²) in [5.74, 6) is -0.304. The molecule has 0 radical (unpaired) electrons. The third-order valence-electron chi connectivity index (χ3n) is 15.2. The Morgan fingerprint density at radius 2 is 0.831 bits per heavy atom. The molecule has 17 unspecified atom stereocenters. The van der Waals surface area contributed by atoms with Crippen molar-refractivity contribution >= 4 is 5.91 Å². The van der Waals surface area contributed by atoms with Crippen molar-refractivity contribution in [2.24, 2.45) is 0 Å². The molecule has 19 heteroatoms. The molecule has 0 aromatic rings. The quantitative estimate of drug-likeness (QED) is 0.0233. The number of hydrogen-bond acceptors (Lipinski definition) is 18. The van der Waals surface area contributed by atoms with Crippen molar-refractivity contribution in [2.75, 3.05) is 26.4 Å². The molecule has 3 saturated heterocycles. The lowest BCUT2D eigenvalue weighted by Crippen LogP contribution is -2.66. The second-order valence-corrected chi connectivity index (χ2v) is 22.1. The first-order valence-electron chi connectivity index (χ1n) is 31.3. The number of allylic oxidation sites excluding steroid dienone is 13. The van der Waals surface area contributed by atoms with Crippen LogP contribution in [0.25, 0.3) is 0 Å². The van der Waals surface area contributed by atoms with Crippen molar-refractivity contribution in [3.05, 3.63) is 85.1 Å². The molecule has 0 aromatic carbocycles. The molecular weight excluding hydrogens is 1070 g/mol. The van der Waals surface area contributed by atoms with Crippen LogP contribution in [0.2, 0.25) is 0 Å². The number of aliphatic hydroxyl groups is 11. The van der Waals surface area contributed by atoms with Crippen LogP contribution in [0.4, 0.5) is 0 Å². The third-order valence-corrected chi connectivity index (χ3v) is 15.2. The maximum atomic E-state index is 13.3. The molecular formula is C64H109NO18. The summed E-state index contributed by atoms with van der Waals surface area (Å²) in [5.41, 5.74) is 0. The molecule has 0 saturated carbocycles. The van der Waals surface area contributed by atoms with Gasteiger partial charge in [-0.25, -0.2) is 0 Å². The Morgan fingerprint density at radius 3 is 1.30 bits per heavy atom. The Bertz CT molecular complexity index is 1840. The van der Waals surface area contributed by atoms with E-state index in [-0.39, 0.29) is 18.9 Å². The largest absolute Gasteiger partial charge is 0.394 e. The van der Waals surface area contributed by atoms with Crippen LogP contribution in [0, 0.1) is 0 Å². The van der Waals surface area contributed by atoms with Crippen molar-refractivity contribution in [2.45, 2.75) is 285 Å². The predicted molar refractivity (Wildman–Crippen MR) is 318 cm³/mol. The lowest BCUT2D eigenvalue weighted by molar-refractivity contribution is -0.379. The van der Waals surface area contributed by atoms with Gasteiger partial charge < -0.3 is 89.9 Å². The molecule has 17 atom stereocenters. The molecule has 0 aliphatic carbocycles. The fourth-order valence-electron chi connectivity index (χ4n) is 10.1. The second kappa shape index (κ2) is 46.2. The number of amides is 1. The van der Waals surface area contributed by atoms with Gasteiger partial charge in [-0.05, 0) is 70.6 Å². The van der Waals surface area contributed by atoms with Crippen LogP contribution in [0.15, 0.2) is 85.1 Å². The summed E-state index contributed by atoms with van der Waals surface area (Å²) in [5, 5.41) is 120. The highest BCUT2D eigenvalue weighted by atomic mass is 16.8. The van der Waals surface area contributed by atoms with Crippen molar-refractivity contribution in [1.82, 2.24) is 5.32 Å². The fraction of sp³-hybridized carbons (Fsp3) is 0.766. The van der Waals surface area contributed by atoms with E-state index in [9.17, 15) is 61.0 Å². The van der Waals surface area contributed by atoms with E-state index in [1.165, 1.54) is 64.2 Å². The minimum atomic E-state index is -1.98. The molecule has 83 heavy (non-hydrogen) atoms. The number of carbonyl (C=O) groups excluding carboxylic acids is 1. The van der Waals surface area contributed by atoms with Crippen LogP contribution in [0.5, 0.6) is 0 Å². The zero-order valence-corrected chi connectivity index (χ0v) is 49.9. The standard InChI is InChI=1S/C64H109NO18/c1-3-5-7-9-11-13-15-17-19-20-21-22-23-24-25-26-28-30-32-34-36-38-40-42-52(70)65-47(48(69)41-39-37-35-33-31-29-27-18-16-14-12-10-8-6-4-2)46-78-62-58(76)55(73)60(50(44-67)80-62)83-64-59(77)56(74)61(51(45-68)81-64)82-63-57(75)54(72)53(71)49(43-66)79-63/h5,7,11,13,17,19,21-22,24-25,28,30,39,41,47-51,53-64,66-69,71-77H,3-4,6,8-10,12,14-16,18,20,23,26-27,29,31-38,40,42-46H2,1-2H3,(H,65,70)/b7-5-,13-11-,19-17-,22-21-,25-24-,30-28-,41-39+. The van der Waals surface area contributed by atoms with Gasteiger partial charge in [0.1, 0.15) is 73.2 Å². The summed E-state index contributed by atoms with van der Waals surface area (Å²) in [4.78, 5) is 13.3. The van der Waals surface area contributed by atoms with Gasteiger partial charge in [0.05, 0.1) is 38.6 Å². The van der Waals surface area contributed by atoms with Crippen LogP contribution >= 0.6 is 0 Å². The maximum Gasteiger partial charge on any atom is 0.220 e. The lowest BCUT2D eigenvalue weighted by Gasteiger charge is -2.48. The molecule has 478 valence electrons. The van der Waals surface area contributed by atoms with E-state index in [0.29, 0.717) is 6.42 Å². The second-order valence-electron chi connectivity index (χ2n) is 22.1. The van der Waals surface area contributed by atoms with Gasteiger partial charge in [-0.3, -0.25) is 4.79 Å². The van der Waals surface area contributed by atoms with Crippen LogP contribution in [0.3, 0.4) is 0 Å². The summed E-state index contributed by atoms with van der Waals surface area (Å²) in [6.45, 7) is 1.57. The zero-order chi connectivity index (χ0) is 60.5. The van der Waals surface area contributed by atoms with E-state index < -0.39 is 124 Å². The molecule has 3 heterocycles. The van der Waals surface area contributed by atoms with Crippen LogP contribution in [-0.2, 0) is 33.2 Å². The van der Waals surface area contributed by atoms with Gasteiger partial charge in [0.15, 0.2) is 18.9 Å². The van der Waals surface area contributed by atoms with Crippen molar-refractivity contribution in [3.63, 3.8) is 0 Å². The van der Waals surface area contributed by atoms with Gasteiger partial charge >= 0.3 is 0 Å². The summed E-state index contributed by atoms with van der Waals surface area (Å²) < 4.78 is 34.2. The lowest BCUT2D eigenvalue weighted by atomic mass is 9.96. The summed E-state index contributed by atoms with van der Waals surface area (Å²) in [6.07, 6.45) is 29.8. The van der Waals surface area contributed by atoms with Gasteiger partial charge in [-0.15, -0.1) is 0 Å². The number of unbranched alkanes of at least 4 members (excludes halogenated alkanes) is 17. The molecule has 19 nitrogen and oxygen atoms in total. The molecule has 0 spiro atoms. The first kappa shape index (κ1) is 74.2. The Labute approximate surface area is 495 Å². The van der Waals surface area contributed by atoms with E-state index in [1.807, 2.05) is 6.08 Å². The predicted octanol–water partition coefficient (Wildman–Crippen LogP) is 6.37. The Hall–Kier alpha value is -3.03. The number of nitrogens with one attached hydrogen (secondary N) is 1. The highest BCUT2D eigenvalue weighted by molar-refractivity contribution is 5.76. The molecule has 0 aromatic heterocycles. The molecule has 3 rings (SSSR count). The van der Waals surface area contributed by atoms with Crippen molar-refractivity contribution in [1.29, 1.82) is 0 Å². The first-order valence-corrected chi connectivity index (χ1v) is 31.3. The maximum absolute atomic E-state index is 13.3. The number of ether oxygens (including phenoxy) is 6. The van der Waals surface area contributed by atoms with E-state index in [1.54, 1.807) is 6.08 Å². The Kier molecular flexibility index (Phi) is 41.3. The summed E-state index contributed by atoms with van der Waals surface area (Å²) >= 11 is 0. The molecule has 0 bridgehead atoms. The van der Waals surface area contributed by atoms with Crippen molar-refractivity contribution < 1.29 is 89.4 Å². The minimum Gasteiger partial charge on any atom is -0.394 e. The smallest absolute Gasteiger partial charge is 0.220 e. The Morgan fingerprint density at radius 1 is 0.446 bits per heavy atom. The topological polar surface area (TPSA) is 307 Å². The van der Waals surface area contributed by atoms with Gasteiger partial charge in [0.2, 0.25) is 5.91 Å². The van der Waals surface area contributed by atoms with Gasteiger partial charge in [-0.2, -0.15) is 0 Å². The van der Waals surface area contributed by atoms with E-state index in [0.717, 1.165) is 89.9 Å². The minimum absolute atomic E-state index is 0.209. The first-order chi connectivity index (χ1) is 40.3. The third kappa shape index (κ3) is 29.5. The van der Waals surface area contributed by atoms with Gasteiger partial charge in [0, 0.05) is 6.42 Å². The molecule has 3 aliphatic heterocycles. The molecule has 3 aliphatic rings. The zero-order valence-electron chi connectivity index (χ0n) is 49.9. The molecule has 1 amide bonds. The van der Waals surface area contributed by atoms with Crippen LogP contribution in [-0.4, -0.2) is 193 Å². The van der Waals surface area contributed by atoms with Crippen molar-refractivity contribution in [3.8, 4) is 0 Å². The SMILES string of the molecule is CC/C=C\C/C=C\C/C=C\C/C=C\C/C=C\C/C=C\CCCCCCC(=O)NC(COC1OC(CO)C(OC2OC(CO)C(OC3OC(CO)C(O)C(O)C3O)C(O)C2O)C(O)C1O)C(O)/C=C/CCCCCCCCCCCCCCC. The highest BCUT2D eigenvalue weighted by Gasteiger charge is 2.53. The fourth-order valence-corrected chi connectivity index (χ4v) is 10.1. The average Bonchev–Trinajstić information content (AvgIpc) is 3.18. The number of carbonyl (C=O) groups is 1. The highest BCUT2D eigenvalue weighted by Crippen LogP contribution is 2.33. The van der Waals surface area contributed by atoms with E-state index in [2.05, 4.69) is 92.1 Å². The molecule has 3 fully saturated rings. The van der Waals surface area contributed by atoms with Crippen LogP contribution in [0.1, 0.15) is 181 Å². The number of aliphatic hydroxyl groups excluding tert-OH is 11. The summed E-state index contributed by atoms with van der Waals surface area (Å²) in [6, 6.07) is -0.992. The van der Waals surface area contributed by atoms with Gasteiger partial charge in [-0.1, -0.05) is 189 Å². The van der Waals surface area contributed by atoms with E-state index >= 15 is 0 Å². The molecule has 12 N–H and O–H groups in total. The number of rotatable bonds is 45. The summed E-state index contributed by atoms with van der Waals surface area (Å²) in [7, 11) is 0. The van der Waals surface area contributed by atoms with Crippen LogP contribution < -0.4 is 5.32 Å². The Balaban J connectivity index is 1.49.